The molecule has 8 rings (SSSR count). The molecule has 0 unspecified atom stereocenters. The van der Waals surface area contributed by atoms with Crippen LogP contribution in [0, 0.1) is 13.8 Å². The molecule has 0 radical (unpaired) electrons. The average Bonchev–Trinajstić information content (AvgIpc) is 3.47. The molecule has 0 aliphatic carbocycles. The van der Waals surface area contributed by atoms with Crippen LogP contribution in [0.1, 0.15) is 11.1 Å². The van der Waals surface area contributed by atoms with Crippen LogP contribution in [0.15, 0.2) is 85.2 Å². The Labute approximate surface area is 206 Å². The summed E-state index contributed by atoms with van der Waals surface area (Å²) in [5.74, 6) is 0. The summed E-state index contributed by atoms with van der Waals surface area (Å²) >= 11 is 0. The van der Waals surface area contributed by atoms with Crippen LogP contribution in [-0.4, -0.2) is 24.3 Å². The fourth-order valence-electron chi connectivity index (χ4n) is 5.83. The second-order valence-corrected chi connectivity index (χ2v) is 9.55. The van der Waals surface area contributed by atoms with Crippen molar-refractivity contribution < 1.29 is 0 Å². The first-order valence-corrected chi connectivity index (χ1v) is 12.1. The number of aromatic amines is 1. The largest absolute Gasteiger partial charge is 0.354 e. The highest BCUT2D eigenvalue weighted by Gasteiger charge is 2.19. The van der Waals surface area contributed by atoms with Crippen LogP contribution in [0.3, 0.4) is 0 Å². The van der Waals surface area contributed by atoms with Gasteiger partial charge in [0.05, 0.1) is 22.1 Å². The zero-order chi connectivity index (χ0) is 24.0. The maximum Gasteiger partial charge on any atom is 0.178 e. The van der Waals surface area contributed by atoms with Gasteiger partial charge in [0.1, 0.15) is 5.65 Å². The van der Waals surface area contributed by atoms with Crippen molar-refractivity contribution in [2.24, 2.45) is 0 Å². The number of hydrogen-bond donors (Lipinski definition) is 1. The Balaban J connectivity index is 1.55. The zero-order valence-corrected chi connectivity index (χ0v) is 19.9. The van der Waals surface area contributed by atoms with Gasteiger partial charge in [0.15, 0.2) is 5.65 Å². The molecule has 0 fully saturated rings. The van der Waals surface area contributed by atoms with Crippen molar-refractivity contribution in [1.29, 1.82) is 0 Å². The van der Waals surface area contributed by atoms with E-state index in [0.717, 1.165) is 49.7 Å². The molecule has 5 heterocycles. The number of aromatic nitrogens is 5. The van der Waals surface area contributed by atoms with E-state index in [4.69, 9.17) is 9.97 Å². The van der Waals surface area contributed by atoms with Crippen molar-refractivity contribution in [3.05, 3.63) is 96.3 Å². The lowest BCUT2D eigenvalue weighted by atomic mass is 9.95. The standard InChI is InChI=1S/C31H21N5/c1-17-7-3-4-8-19(17)22-16-24-23(15-18(22)2)20-11-12-21-27(28(20)34-24)29-25(9-5-13-32-29)36-26-10-6-14-33-30(26)35-31(21)36/h3-16,34H,1-2H3. The molecule has 0 aliphatic heterocycles. The summed E-state index contributed by atoms with van der Waals surface area (Å²) in [6, 6.07) is 25.7. The molecule has 0 aliphatic rings. The predicted octanol–water partition coefficient (Wildman–Crippen LogP) is 7.50. The second kappa shape index (κ2) is 6.89. The molecule has 0 amide bonds. The molecule has 0 saturated carbocycles. The Hall–Kier alpha value is -4.77. The van der Waals surface area contributed by atoms with E-state index < -0.39 is 0 Å². The van der Waals surface area contributed by atoms with Gasteiger partial charge in [-0.2, -0.15) is 0 Å². The molecule has 36 heavy (non-hydrogen) atoms. The van der Waals surface area contributed by atoms with Gasteiger partial charge < -0.3 is 4.98 Å². The van der Waals surface area contributed by atoms with E-state index in [1.807, 2.05) is 18.3 Å². The summed E-state index contributed by atoms with van der Waals surface area (Å²) in [5, 5.41) is 4.58. The first kappa shape index (κ1) is 19.5. The lowest BCUT2D eigenvalue weighted by Crippen LogP contribution is -1.93. The van der Waals surface area contributed by atoms with Crippen molar-refractivity contribution in [3.63, 3.8) is 0 Å². The summed E-state index contributed by atoms with van der Waals surface area (Å²) in [6.07, 6.45) is 3.66. The summed E-state index contributed by atoms with van der Waals surface area (Å²) in [7, 11) is 0. The fourth-order valence-corrected chi connectivity index (χ4v) is 5.83. The lowest BCUT2D eigenvalue weighted by Gasteiger charge is -2.10. The Morgan fingerprint density at radius 1 is 0.694 bits per heavy atom. The topological polar surface area (TPSA) is 58.9 Å². The quantitative estimate of drug-likeness (QED) is 0.256. The van der Waals surface area contributed by atoms with Crippen LogP contribution in [0.25, 0.3) is 71.5 Å². The van der Waals surface area contributed by atoms with Crippen molar-refractivity contribution in [2.45, 2.75) is 13.8 Å². The molecule has 0 saturated heterocycles. The third-order valence-corrected chi connectivity index (χ3v) is 7.49. The number of pyridine rings is 3. The van der Waals surface area contributed by atoms with Gasteiger partial charge in [0, 0.05) is 39.5 Å². The highest BCUT2D eigenvalue weighted by atomic mass is 15.1. The maximum atomic E-state index is 4.94. The molecular formula is C31H21N5. The van der Waals surface area contributed by atoms with E-state index in [2.05, 4.69) is 88.9 Å². The molecule has 0 spiro atoms. The fraction of sp³-hybridized carbons (Fsp3) is 0.0645. The van der Waals surface area contributed by atoms with E-state index >= 15 is 0 Å². The Bertz CT molecular complexity index is 2180. The van der Waals surface area contributed by atoms with Crippen LogP contribution in [0.5, 0.6) is 0 Å². The smallest absolute Gasteiger partial charge is 0.178 e. The number of rotatable bonds is 1. The third kappa shape index (κ3) is 2.46. The van der Waals surface area contributed by atoms with Gasteiger partial charge in [-0.25, -0.2) is 9.97 Å². The van der Waals surface area contributed by atoms with Gasteiger partial charge >= 0.3 is 0 Å². The minimum absolute atomic E-state index is 0.741. The Kier molecular flexibility index (Phi) is 3.74. The summed E-state index contributed by atoms with van der Waals surface area (Å²) in [6.45, 7) is 4.37. The van der Waals surface area contributed by atoms with E-state index in [9.17, 15) is 0 Å². The summed E-state index contributed by atoms with van der Waals surface area (Å²) in [5.41, 5.74) is 11.9. The normalized spacial score (nSPS) is 12.2. The van der Waals surface area contributed by atoms with Gasteiger partial charge in [-0.05, 0) is 78.6 Å². The third-order valence-electron chi connectivity index (χ3n) is 7.49. The van der Waals surface area contributed by atoms with Gasteiger partial charge in [-0.1, -0.05) is 30.3 Å². The van der Waals surface area contributed by atoms with Crippen molar-refractivity contribution >= 4 is 60.4 Å². The Morgan fingerprint density at radius 2 is 1.50 bits per heavy atom. The minimum Gasteiger partial charge on any atom is -0.354 e. The molecule has 0 atom stereocenters. The number of nitrogens with one attached hydrogen (secondary N) is 1. The Morgan fingerprint density at radius 3 is 2.39 bits per heavy atom. The monoisotopic (exact) mass is 463 g/mol. The molecule has 3 aromatic carbocycles. The average molecular weight is 464 g/mol. The van der Waals surface area contributed by atoms with Crippen molar-refractivity contribution in [3.8, 4) is 11.1 Å². The first-order chi connectivity index (χ1) is 17.7. The van der Waals surface area contributed by atoms with Gasteiger partial charge in [-0.15, -0.1) is 0 Å². The molecule has 5 heteroatoms. The van der Waals surface area contributed by atoms with E-state index in [1.54, 1.807) is 6.20 Å². The van der Waals surface area contributed by atoms with Crippen LogP contribution in [0.2, 0.25) is 0 Å². The molecule has 5 aromatic heterocycles. The zero-order valence-electron chi connectivity index (χ0n) is 19.9. The molecule has 8 aromatic rings. The number of H-pyrrole nitrogens is 1. The van der Waals surface area contributed by atoms with Crippen molar-refractivity contribution in [2.75, 3.05) is 0 Å². The number of fused-ring (bicyclic) bond motifs is 12. The number of aryl methyl sites for hydroxylation is 2. The van der Waals surface area contributed by atoms with Crippen LogP contribution < -0.4 is 0 Å². The van der Waals surface area contributed by atoms with E-state index in [1.165, 1.54) is 33.0 Å². The van der Waals surface area contributed by atoms with E-state index in [0.29, 0.717) is 0 Å². The SMILES string of the molecule is Cc1ccccc1-c1cc2[nH]c3c(ccc4c3c3ncccc3n3c5cccnc5nc43)c2cc1C. The highest BCUT2D eigenvalue weighted by molar-refractivity contribution is 6.26. The molecular weight excluding hydrogens is 442 g/mol. The van der Waals surface area contributed by atoms with Gasteiger partial charge in [0.25, 0.3) is 0 Å². The summed E-state index contributed by atoms with van der Waals surface area (Å²) in [4.78, 5) is 18.1. The van der Waals surface area contributed by atoms with E-state index in [-0.39, 0.29) is 0 Å². The predicted molar refractivity (Wildman–Crippen MR) is 148 cm³/mol. The second-order valence-electron chi connectivity index (χ2n) is 9.55. The number of hydrogen-bond acceptors (Lipinski definition) is 3. The van der Waals surface area contributed by atoms with Crippen molar-refractivity contribution in [1.82, 2.24) is 24.3 Å². The van der Waals surface area contributed by atoms with Gasteiger partial charge in [-0.3, -0.25) is 9.38 Å². The molecule has 5 nitrogen and oxygen atoms in total. The molecule has 0 bridgehead atoms. The minimum atomic E-state index is 0.741. The van der Waals surface area contributed by atoms with Gasteiger partial charge in [0.2, 0.25) is 0 Å². The maximum absolute atomic E-state index is 4.94. The number of benzene rings is 3. The van der Waals surface area contributed by atoms with Crippen LogP contribution in [0.4, 0.5) is 0 Å². The summed E-state index contributed by atoms with van der Waals surface area (Å²) < 4.78 is 2.18. The molecule has 170 valence electrons. The lowest BCUT2D eigenvalue weighted by molar-refractivity contribution is 1.29. The highest BCUT2D eigenvalue weighted by Crippen LogP contribution is 2.39. The van der Waals surface area contributed by atoms with Crippen LogP contribution in [-0.2, 0) is 0 Å². The number of nitrogens with zero attached hydrogens (tertiary/aromatic N) is 4. The first-order valence-electron chi connectivity index (χ1n) is 12.1. The van der Waals surface area contributed by atoms with Crippen LogP contribution >= 0.6 is 0 Å². The number of imidazole rings is 1. The molecule has 1 N–H and O–H groups in total.